The van der Waals surface area contributed by atoms with Crippen molar-refractivity contribution in [3.63, 3.8) is 0 Å². The van der Waals surface area contributed by atoms with Crippen LogP contribution in [0, 0.1) is 5.82 Å². The molecule has 3 N–H and O–H groups in total. The van der Waals surface area contributed by atoms with Crippen LogP contribution >= 0.6 is 11.8 Å². The zero-order valence-corrected chi connectivity index (χ0v) is 12.4. The van der Waals surface area contributed by atoms with E-state index in [1.165, 1.54) is 6.07 Å². The Bertz CT molecular complexity index is 498. The fourth-order valence-electron chi connectivity index (χ4n) is 1.38. The van der Waals surface area contributed by atoms with Crippen LogP contribution in [0.5, 0.6) is 0 Å². The van der Waals surface area contributed by atoms with Gasteiger partial charge in [0.2, 0.25) is 6.43 Å². The highest BCUT2D eigenvalue weighted by Gasteiger charge is 2.20. The van der Waals surface area contributed by atoms with Gasteiger partial charge in [-0.15, -0.1) is 11.8 Å². The smallest absolute Gasteiger partial charge is 0.319 e. The van der Waals surface area contributed by atoms with Gasteiger partial charge >= 0.3 is 6.03 Å². The number of anilines is 1. The number of nitrogens with one attached hydrogen (secondary N) is 2. The van der Waals surface area contributed by atoms with Crippen molar-refractivity contribution in [2.75, 3.05) is 17.7 Å². The lowest BCUT2D eigenvalue weighted by molar-refractivity contribution is 0.177. The molecule has 0 saturated carbocycles. The first-order valence-electron chi connectivity index (χ1n) is 6.14. The summed E-state index contributed by atoms with van der Waals surface area (Å²) in [4.78, 5) is 12.1. The van der Waals surface area contributed by atoms with Gasteiger partial charge in [0.05, 0.1) is 23.6 Å². The third-order valence-electron chi connectivity index (χ3n) is 2.40. The number of alkyl halides is 2. The summed E-state index contributed by atoms with van der Waals surface area (Å²) in [6, 6.07) is 2.86. The van der Waals surface area contributed by atoms with E-state index in [1.807, 2.05) is 0 Å². The summed E-state index contributed by atoms with van der Waals surface area (Å²) in [6.45, 7) is 2.92. The predicted octanol–water partition coefficient (Wildman–Crippen LogP) is 3.08. The minimum Gasteiger partial charge on any atom is -0.394 e. The van der Waals surface area contributed by atoms with Crippen LogP contribution in [0.1, 0.15) is 13.8 Å². The SMILES string of the molecule is CC(C)(CO)NC(=O)Nc1cc(F)ccc1SCC(F)F. The van der Waals surface area contributed by atoms with Crippen molar-refractivity contribution in [2.45, 2.75) is 30.7 Å². The highest BCUT2D eigenvalue weighted by atomic mass is 32.2. The van der Waals surface area contributed by atoms with Crippen LogP contribution < -0.4 is 10.6 Å². The van der Waals surface area contributed by atoms with Gasteiger partial charge in [0.1, 0.15) is 5.82 Å². The van der Waals surface area contributed by atoms with Crippen molar-refractivity contribution in [3.05, 3.63) is 24.0 Å². The summed E-state index contributed by atoms with van der Waals surface area (Å²) < 4.78 is 37.7. The minimum absolute atomic E-state index is 0.104. The second-order valence-electron chi connectivity index (χ2n) is 4.96. The zero-order valence-electron chi connectivity index (χ0n) is 11.6. The molecule has 0 fully saturated rings. The van der Waals surface area contributed by atoms with Crippen LogP contribution in [0.4, 0.5) is 23.7 Å². The summed E-state index contributed by atoms with van der Waals surface area (Å²) in [5, 5.41) is 13.9. The van der Waals surface area contributed by atoms with Crippen LogP contribution in [-0.2, 0) is 0 Å². The second-order valence-corrected chi connectivity index (χ2v) is 6.03. The van der Waals surface area contributed by atoms with E-state index in [-0.39, 0.29) is 12.3 Å². The number of carbonyl (C=O) groups is 1. The van der Waals surface area contributed by atoms with E-state index in [4.69, 9.17) is 5.11 Å². The molecule has 0 aliphatic carbocycles. The van der Waals surface area contributed by atoms with Gasteiger partial charge in [0.25, 0.3) is 0 Å². The lowest BCUT2D eigenvalue weighted by atomic mass is 10.1. The van der Waals surface area contributed by atoms with E-state index in [2.05, 4.69) is 10.6 Å². The monoisotopic (exact) mass is 322 g/mol. The summed E-state index contributed by atoms with van der Waals surface area (Å²) in [5.41, 5.74) is -0.750. The average Bonchev–Trinajstić information content (AvgIpc) is 2.36. The van der Waals surface area contributed by atoms with Crippen molar-refractivity contribution in [3.8, 4) is 0 Å². The number of halogens is 3. The molecule has 0 aliphatic rings. The molecule has 0 aliphatic heterocycles. The van der Waals surface area contributed by atoms with Crippen molar-refractivity contribution in [1.82, 2.24) is 5.32 Å². The van der Waals surface area contributed by atoms with Gasteiger partial charge in [-0.05, 0) is 32.0 Å². The zero-order chi connectivity index (χ0) is 16.0. The standard InChI is InChI=1S/C13H17F3N2O2S/c1-13(2,7-19)18-12(20)17-9-5-8(14)3-4-10(9)21-6-11(15)16/h3-5,11,19H,6-7H2,1-2H3,(H2,17,18,20). The van der Waals surface area contributed by atoms with E-state index in [0.29, 0.717) is 4.90 Å². The summed E-state index contributed by atoms with van der Waals surface area (Å²) in [5.74, 6) is -1.04. The molecule has 0 atom stereocenters. The quantitative estimate of drug-likeness (QED) is 0.705. The van der Waals surface area contributed by atoms with Gasteiger partial charge in [0, 0.05) is 4.90 Å². The highest BCUT2D eigenvalue weighted by molar-refractivity contribution is 7.99. The van der Waals surface area contributed by atoms with Crippen molar-refractivity contribution < 1.29 is 23.1 Å². The average molecular weight is 322 g/mol. The maximum absolute atomic E-state index is 13.2. The molecule has 0 bridgehead atoms. The first-order chi connectivity index (χ1) is 9.73. The Kier molecular flexibility index (Phi) is 6.35. The molecule has 1 aromatic rings. The summed E-state index contributed by atoms with van der Waals surface area (Å²) in [7, 11) is 0. The Morgan fingerprint density at radius 1 is 1.43 bits per heavy atom. The normalized spacial score (nSPS) is 11.6. The molecule has 8 heteroatoms. The topological polar surface area (TPSA) is 61.4 Å². The Morgan fingerprint density at radius 2 is 2.10 bits per heavy atom. The van der Waals surface area contributed by atoms with Crippen LogP contribution in [0.2, 0.25) is 0 Å². The van der Waals surface area contributed by atoms with Gasteiger partial charge in [-0.1, -0.05) is 0 Å². The molecule has 1 aromatic carbocycles. The van der Waals surface area contributed by atoms with Crippen LogP contribution in [-0.4, -0.2) is 35.5 Å². The van der Waals surface area contributed by atoms with E-state index in [1.54, 1.807) is 13.8 Å². The highest BCUT2D eigenvalue weighted by Crippen LogP contribution is 2.29. The lowest BCUT2D eigenvalue weighted by Crippen LogP contribution is -2.48. The Morgan fingerprint density at radius 3 is 2.67 bits per heavy atom. The van der Waals surface area contributed by atoms with E-state index in [9.17, 15) is 18.0 Å². The first kappa shape index (κ1) is 17.6. The lowest BCUT2D eigenvalue weighted by Gasteiger charge is -2.24. The minimum atomic E-state index is -2.50. The van der Waals surface area contributed by atoms with Crippen LogP contribution in [0.3, 0.4) is 0 Å². The van der Waals surface area contributed by atoms with E-state index >= 15 is 0 Å². The summed E-state index contributed by atoms with van der Waals surface area (Å²) in [6.07, 6.45) is -2.50. The second kappa shape index (κ2) is 7.56. The van der Waals surface area contributed by atoms with Crippen molar-refractivity contribution in [1.29, 1.82) is 0 Å². The van der Waals surface area contributed by atoms with E-state index in [0.717, 1.165) is 23.9 Å². The van der Waals surface area contributed by atoms with Gasteiger partial charge in [-0.2, -0.15) is 0 Å². The van der Waals surface area contributed by atoms with Gasteiger partial charge in [-0.25, -0.2) is 18.0 Å². The van der Waals surface area contributed by atoms with Crippen LogP contribution in [0.15, 0.2) is 23.1 Å². The van der Waals surface area contributed by atoms with E-state index < -0.39 is 29.6 Å². The Hall–Kier alpha value is -1.41. The number of hydrogen-bond donors (Lipinski definition) is 3. The molecule has 0 radical (unpaired) electrons. The molecular weight excluding hydrogens is 305 g/mol. The van der Waals surface area contributed by atoms with Crippen molar-refractivity contribution in [2.24, 2.45) is 0 Å². The number of benzene rings is 1. The molecule has 118 valence electrons. The molecular formula is C13H17F3N2O2S. The van der Waals surface area contributed by atoms with Gasteiger partial charge in [-0.3, -0.25) is 0 Å². The molecule has 2 amide bonds. The number of aliphatic hydroxyl groups is 1. The maximum Gasteiger partial charge on any atom is 0.319 e. The molecule has 4 nitrogen and oxygen atoms in total. The molecule has 0 saturated heterocycles. The first-order valence-corrected chi connectivity index (χ1v) is 7.12. The van der Waals surface area contributed by atoms with Crippen LogP contribution in [0.25, 0.3) is 0 Å². The fourth-order valence-corrected chi connectivity index (χ4v) is 2.11. The molecule has 1 rings (SSSR count). The molecule has 0 unspecified atom stereocenters. The van der Waals surface area contributed by atoms with Gasteiger partial charge in [0.15, 0.2) is 0 Å². The number of hydrogen-bond acceptors (Lipinski definition) is 3. The molecule has 21 heavy (non-hydrogen) atoms. The largest absolute Gasteiger partial charge is 0.394 e. The number of thioether (sulfide) groups is 1. The number of aliphatic hydroxyl groups excluding tert-OH is 1. The molecule has 0 aromatic heterocycles. The Labute approximate surface area is 125 Å². The predicted molar refractivity (Wildman–Crippen MR) is 76.4 cm³/mol. The molecule has 0 spiro atoms. The fraction of sp³-hybridized carbons (Fsp3) is 0.462. The number of amides is 2. The number of urea groups is 1. The third-order valence-corrected chi connectivity index (χ3v) is 3.49. The third kappa shape index (κ3) is 6.26. The van der Waals surface area contributed by atoms with Crippen molar-refractivity contribution >= 4 is 23.5 Å². The number of rotatable bonds is 6. The molecule has 0 heterocycles. The number of carbonyl (C=O) groups excluding carboxylic acids is 1. The maximum atomic E-state index is 13.2. The van der Waals surface area contributed by atoms with Gasteiger partial charge < -0.3 is 15.7 Å². The Balaban J connectivity index is 2.81. The summed E-state index contributed by atoms with van der Waals surface area (Å²) >= 11 is 0.821.